The van der Waals surface area contributed by atoms with Crippen LogP contribution in [0.25, 0.3) is 0 Å². The maximum Gasteiger partial charge on any atom is 0.248 e. The summed E-state index contributed by atoms with van der Waals surface area (Å²) in [6.07, 6.45) is 0. The van der Waals surface area contributed by atoms with E-state index in [0.29, 0.717) is 16.3 Å². The zero-order valence-electron chi connectivity index (χ0n) is 12.9. The molecule has 120 valence electrons. The molecule has 0 bridgehead atoms. The van der Waals surface area contributed by atoms with Crippen molar-refractivity contribution in [2.75, 3.05) is 10.6 Å². The van der Waals surface area contributed by atoms with Gasteiger partial charge in [-0.2, -0.15) is 0 Å². The summed E-state index contributed by atoms with van der Waals surface area (Å²) in [4.78, 5) is 23.3. The number of amides is 2. The first-order chi connectivity index (χ1) is 10.9. The van der Waals surface area contributed by atoms with Crippen molar-refractivity contribution >= 4 is 34.8 Å². The number of carbonyl (C=O) groups excluding carboxylic acids is 2. The lowest BCUT2D eigenvalue weighted by molar-refractivity contribution is -0.116. The highest BCUT2D eigenvalue weighted by Crippen LogP contribution is 2.23. The Bertz CT molecular complexity index is 729. The Labute approximate surface area is 139 Å². The van der Waals surface area contributed by atoms with Crippen LogP contribution in [0.3, 0.4) is 0 Å². The summed E-state index contributed by atoms with van der Waals surface area (Å²) in [5, 5.41) is 6.55. The van der Waals surface area contributed by atoms with Crippen LogP contribution in [0, 0.1) is 6.92 Å². The van der Waals surface area contributed by atoms with E-state index in [1.807, 2.05) is 19.1 Å². The standard InChI is InChI=1S/C17H18ClN3O2/c1-10-14(18)4-3-5-15(10)20-11(2)17(23)21-13-8-6-12(7-9-13)16(19)22/h3-9,11,20H,1-2H3,(H2,19,22)(H,21,23)/t11-/m0/s1. The lowest BCUT2D eigenvalue weighted by Gasteiger charge is -2.17. The first-order valence-electron chi connectivity index (χ1n) is 7.11. The molecule has 2 amide bonds. The van der Waals surface area contributed by atoms with Gasteiger partial charge in [0.05, 0.1) is 0 Å². The van der Waals surface area contributed by atoms with Crippen LogP contribution in [0.4, 0.5) is 11.4 Å². The molecule has 1 atom stereocenters. The second-order valence-electron chi connectivity index (χ2n) is 5.21. The summed E-state index contributed by atoms with van der Waals surface area (Å²) in [5.74, 6) is -0.703. The Morgan fingerprint density at radius 1 is 1.13 bits per heavy atom. The van der Waals surface area contributed by atoms with E-state index in [2.05, 4.69) is 10.6 Å². The minimum absolute atomic E-state index is 0.198. The number of benzene rings is 2. The SMILES string of the molecule is Cc1c(Cl)cccc1N[C@@H](C)C(=O)Nc1ccc(C(N)=O)cc1. The van der Waals surface area contributed by atoms with Gasteiger partial charge in [0.15, 0.2) is 0 Å². The van der Waals surface area contributed by atoms with Crippen LogP contribution in [0.1, 0.15) is 22.8 Å². The second-order valence-corrected chi connectivity index (χ2v) is 5.62. The van der Waals surface area contributed by atoms with Crippen LogP contribution in [-0.4, -0.2) is 17.9 Å². The van der Waals surface area contributed by atoms with E-state index in [9.17, 15) is 9.59 Å². The molecule has 2 rings (SSSR count). The molecule has 0 spiro atoms. The van der Waals surface area contributed by atoms with E-state index in [1.54, 1.807) is 37.3 Å². The summed E-state index contributed by atoms with van der Waals surface area (Å²) < 4.78 is 0. The molecule has 2 aromatic rings. The van der Waals surface area contributed by atoms with Gasteiger partial charge in [0.25, 0.3) is 0 Å². The van der Waals surface area contributed by atoms with Gasteiger partial charge in [-0.1, -0.05) is 17.7 Å². The van der Waals surface area contributed by atoms with Gasteiger partial charge in [-0.3, -0.25) is 9.59 Å². The smallest absolute Gasteiger partial charge is 0.248 e. The number of hydrogen-bond acceptors (Lipinski definition) is 3. The van der Waals surface area contributed by atoms with Crippen LogP contribution in [0.15, 0.2) is 42.5 Å². The lowest BCUT2D eigenvalue weighted by Crippen LogP contribution is -2.32. The van der Waals surface area contributed by atoms with Crippen molar-refractivity contribution in [2.24, 2.45) is 5.73 Å². The highest BCUT2D eigenvalue weighted by molar-refractivity contribution is 6.31. The van der Waals surface area contributed by atoms with Crippen LogP contribution in [0.5, 0.6) is 0 Å². The van der Waals surface area contributed by atoms with Crippen molar-refractivity contribution < 1.29 is 9.59 Å². The Hall–Kier alpha value is -2.53. The van der Waals surface area contributed by atoms with Crippen molar-refractivity contribution in [3.63, 3.8) is 0 Å². The fourth-order valence-corrected chi connectivity index (χ4v) is 2.21. The summed E-state index contributed by atoms with van der Waals surface area (Å²) in [5.41, 5.74) is 7.86. The summed E-state index contributed by atoms with van der Waals surface area (Å²) >= 11 is 6.07. The molecule has 23 heavy (non-hydrogen) atoms. The molecule has 0 fully saturated rings. The highest BCUT2D eigenvalue weighted by atomic mass is 35.5. The number of anilines is 2. The second kappa shape index (κ2) is 7.15. The molecule has 0 aliphatic carbocycles. The zero-order valence-corrected chi connectivity index (χ0v) is 13.6. The topological polar surface area (TPSA) is 84.2 Å². The molecule has 0 aromatic heterocycles. The van der Waals surface area contributed by atoms with E-state index in [4.69, 9.17) is 17.3 Å². The predicted molar refractivity (Wildman–Crippen MR) is 92.9 cm³/mol. The largest absolute Gasteiger partial charge is 0.374 e. The molecule has 0 saturated carbocycles. The molecule has 6 heteroatoms. The Morgan fingerprint density at radius 2 is 1.78 bits per heavy atom. The highest BCUT2D eigenvalue weighted by Gasteiger charge is 2.14. The minimum atomic E-state index is -0.505. The van der Waals surface area contributed by atoms with Crippen molar-refractivity contribution in [3.05, 3.63) is 58.6 Å². The van der Waals surface area contributed by atoms with Gasteiger partial charge >= 0.3 is 0 Å². The number of carbonyl (C=O) groups is 2. The predicted octanol–water partition coefficient (Wildman–Crippen LogP) is 3.19. The third kappa shape index (κ3) is 4.23. The van der Waals surface area contributed by atoms with E-state index < -0.39 is 11.9 Å². The average molecular weight is 332 g/mol. The quantitative estimate of drug-likeness (QED) is 0.786. The maximum atomic E-state index is 12.2. The first-order valence-corrected chi connectivity index (χ1v) is 7.48. The lowest BCUT2D eigenvalue weighted by atomic mass is 10.1. The van der Waals surface area contributed by atoms with E-state index in [1.165, 1.54) is 0 Å². The van der Waals surface area contributed by atoms with Gasteiger partial charge < -0.3 is 16.4 Å². The number of nitrogens with one attached hydrogen (secondary N) is 2. The summed E-state index contributed by atoms with van der Waals surface area (Å²) in [6.45, 7) is 3.64. The fourth-order valence-electron chi connectivity index (χ4n) is 2.03. The molecule has 2 aromatic carbocycles. The Morgan fingerprint density at radius 3 is 2.39 bits per heavy atom. The average Bonchev–Trinajstić information content (AvgIpc) is 2.52. The van der Waals surface area contributed by atoms with E-state index >= 15 is 0 Å². The van der Waals surface area contributed by atoms with E-state index in [-0.39, 0.29) is 5.91 Å². The van der Waals surface area contributed by atoms with Crippen molar-refractivity contribution in [1.82, 2.24) is 0 Å². The van der Waals surface area contributed by atoms with Crippen LogP contribution in [0.2, 0.25) is 5.02 Å². The monoisotopic (exact) mass is 331 g/mol. The summed E-state index contributed by atoms with van der Waals surface area (Å²) in [6, 6.07) is 11.4. The summed E-state index contributed by atoms with van der Waals surface area (Å²) in [7, 11) is 0. The molecule has 0 saturated heterocycles. The van der Waals surface area contributed by atoms with Crippen LogP contribution < -0.4 is 16.4 Å². The molecule has 0 aliphatic rings. The molecule has 4 N–H and O–H groups in total. The normalized spacial score (nSPS) is 11.6. The Balaban J connectivity index is 2.02. The van der Waals surface area contributed by atoms with Crippen molar-refractivity contribution in [2.45, 2.75) is 19.9 Å². The molecule has 0 radical (unpaired) electrons. The number of primary amides is 1. The van der Waals surface area contributed by atoms with Gasteiger partial charge in [-0.05, 0) is 55.8 Å². The van der Waals surface area contributed by atoms with Gasteiger partial charge in [-0.25, -0.2) is 0 Å². The first kappa shape index (κ1) is 16.8. The Kier molecular flexibility index (Phi) is 5.24. The van der Waals surface area contributed by atoms with Crippen LogP contribution >= 0.6 is 11.6 Å². The number of halogens is 1. The van der Waals surface area contributed by atoms with E-state index in [0.717, 1.165) is 11.3 Å². The molecular formula is C17H18ClN3O2. The van der Waals surface area contributed by atoms with Gasteiger partial charge in [0.2, 0.25) is 11.8 Å². The van der Waals surface area contributed by atoms with Gasteiger partial charge in [0, 0.05) is 22.0 Å². The number of nitrogens with two attached hydrogens (primary N) is 1. The molecule has 0 unspecified atom stereocenters. The molecule has 0 aliphatic heterocycles. The van der Waals surface area contributed by atoms with Crippen molar-refractivity contribution in [1.29, 1.82) is 0 Å². The van der Waals surface area contributed by atoms with Gasteiger partial charge in [0.1, 0.15) is 6.04 Å². The van der Waals surface area contributed by atoms with Crippen molar-refractivity contribution in [3.8, 4) is 0 Å². The van der Waals surface area contributed by atoms with Gasteiger partial charge in [-0.15, -0.1) is 0 Å². The maximum absolute atomic E-state index is 12.2. The number of rotatable bonds is 5. The third-order valence-corrected chi connectivity index (χ3v) is 3.88. The number of hydrogen-bond donors (Lipinski definition) is 3. The zero-order chi connectivity index (χ0) is 17.0. The van der Waals surface area contributed by atoms with Crippen LogP contribution in [-0.2, 0) is 4.79 Å². The molecule has 0 heterocycles. The minimum Gasteiger partial charge on any atom is -0.374 e. The third-order valence-electron chi connectivity index (χ3n) is 3.47. The molecule has 5 nitrogen and oxygen atoms in total. The fraction of sp³-hybridized carbons (Fsp3) is 0.176. The molecular weight excluding hydrogens is 314 g/mol.